The molecule has 4 heteroatoms. The Morgan fingerprint density at radius 2 is 1.91 bits per heavy atom. The van der Waals surface area contributed by atoms with E-state index in [4.69, 9.17) is 4.74 Å². The topological polar surface area (TPSA) is 32.8 Å². The minimum absolute atomic E-state index is 0.164. The third-order valence-electron chi connectivity index (χ3n) is 4.23. The summed E-state index contributed by atoms with van der Waals surface area (Å²) in [6.45, 7) is 7.51. The molecule has 0 aromatic heterocycles. The Balaban J connectivity index is 1.91. The van der Waals surface area contributed by atoms with Crippen molar-refractivity contribution in [2.45, 2.75) is 26.2 Å². The van der Waals surface area contributed by atoms with Gasteiger partial charge in [0.25, 0.3) is 5.91 Å². The van der Waals surface area contributed by atoms with Crippen molar-refractivity contribution in [2.24, 2.45) is 0 Å². The van der Waals surface area contributed by atoms with Crippen molar-refractivity contribution in [3.05, 3.63) is 35.4 Å². The van der Waals surface area contributed by atoms with Crippen LogP contribution in [-0.4, -0.2) is 62.1 Å². The fourth-order valence-corrected chi connectivity index (χ4v) is 2.90. The van der Waals surface area contributed by atoms with Gasteiger partial charge in [0.15, 0.2) is 0 Å². The van der Waals surface area contributed by atoms with Crippen LogP contribution in [0.3, 0.4) is 0 Å². The summed E-state index contributed by atoms with van der Waals surface area (Å²) in [4.78, 5) is 17.0. The number of carbonyl (C=O) groups excluding carboxylic acids is 1. The normalized spacial score (nSPS) is 16.5. The maximum atomic E-state index is 12.6. The Bertz CT molecular complexity index is 459. The van der Waals surface area contributed by atoms with E-state index in [0.717, 1.165) is 64.2 Å². The van der Waals surface area contributed by atoms with E-state index in [-0.39, 0.29) is 5.91 Å². The van der Waals surface area contributed by atoms with Gasteiger partial charge < -0.3 is 9.64 Å². The molecule has 1 aliphatic heterocycles. The summed E-state index contributed by atoms with van der Waals surface area (Å²) in [6.07, 6.45) is 3.24. The number of benzene rings is 1. The van der Waals surface area contributed by atoms with Gasteiger partial charge >= 0.3 is 0 Å². The van der Waals surface area contributed by atoms with Crippen LogP contribution < -0.4 is 0 Å². The van der Waals surface area contributed by atoms with Gasteiger partial charge in [-0.25, -0.2) is 0 Å². The zero-order valence-electron chi connectivity index (χ0n) is 13.9. The van der Waals surface area contributed by atoms with Gasteiger partial charge in [-0.15, -0.1) is 0 Å². The van der Waals surface area contributed by atoms with E-state index in [9.17, 15) is 4.79 Å². The van der Waals surface area contributed by atoms with Gasteiger partial charge in [-0.3, -0.25) is 9.69 Å². The van der Waals surface area contributed by atoms with Crippen LogP contribution in [0.5, 0.6) is 0 Å². The number of carbonyl (C=O) groups is 1. The molecular formula is C18H28N2O2. The smallest absolute Gasteiger partial charge is 0.253 e. The summed E-state index contributed by atoms with van der Waals surface area (Å²) in [6, 6.07) is 8.11. The average Bonchev–Trinajstić information content (AvgIpc) is 2.79. The van der Waals surface area contributed by atoms with Crippen molar-refractivity contribution in [3.8, 4) is 0 Å². The van der Waals surface area contributed by atoms with Crippen molar-refractivity contribution in [1.29, 1.82) is 0 Å². The predicted molar refractivity (Wildman–Crippen MR) is 89.3 cm³/mol. The molecule has 1 saturated heterocycles. The highest BCUT2D eigenvalue weighted by Crippen LogP contribution is 2.12. The Labute approximate surface area is 134 Å². The van der Waals surface area contributed by atoms with Gasteiger partial charge in [0.1, 0.15) is 0 Å². The van der Waals surface area contributed by atoms with E-state index in [1.807, 2.05) is 17.0 Å². The van der Waals surface area contributed by atoms with Crippen LogP contribution >= 0.6 is 0 Å². The quantitative estimate of drug-likeness (QED) is 0.809. The molecule has 0 atom stereocenters. The summed E-state index contributed by atoms with van der Waals surface area (Å²) >= 11 is 0. The van der Waals surface area contributed by atoms with Crippen LogP contribution in [-0.2, 0) is 11.2 Å². The number of hydrogen-bond acceptors (Lipinski definition) is 3. The summed E-state index contributed by atoms with van der Waals surface area (Å²) in [5.41, 5.74) is 2.12. The first kappa shape index (κ1) is 17.0. The third kappa shape index (κ3) is 4.82. The van der Waals surface area contributed by atoms with E-state index in [0.29, 0.717) is 0 Å². The first-order chi connectivity index (χ1) is 10.7. The Kier molecular flexibility index (Phi) is 6.87. The fourth-order valence-electron chi connectivity index (χ4n) is 2.90. The molecule has 22 heavy (non-hydrogen) atoms. The third-order valence-corrected chi connectivity index (χ3v) is 4.23. The van der Waals surface area contributed by atoms with Crippen LogP contribution in [0.25, 0.3) is 0 Å². The summed E-state index contributed by atoms with van der Waals surface area (Å²) in [5, 5.41) is 0. The molecule has 1 amide bonds. The molecule has 1 heterocycles. The first-order valence-electron chi connectivity index (χ1n) is 8.34. The first-order valence-corrected chi connectivity index (χ1v) is 8.34. The molecule has 1 aromatic carbocycles. The lowest BCUT2D eigenvalue weighted by Crippen LogP contribution is -2.36. The molecule has 0 aliphatic carbocycles. The van der Waals surface area contributed by atoms with E-state index >= 15 is 0 Å². The molecule has 122 valence electrons. The van der Waals surface area contributed by atoms with Gasteiger partial charge in [0, 0.05) is 38.9 Å². The second-order valence-electron chi connectivity index (χ2n) is 5.93. The number of amides is 1. The van der Waals surface area contributed by atoms with Gasteiger partial charge in [-0.1, -0.05) is 25.5 Å². The zero-order chi connectivity index (χ0) is 15.8. The number of nitrogens with zero attached hydrogens (tertiary/aromatic N) is 2. The van der Waals surface area contributed by atoms with Crippen LogP contribution in [0.1, 0.15) is 35.7 Å². The number of hydrogen-bond donors (Lipinski definition) is 0. The molecule has 1 fully saturated rings. The van der Waals surface area contributed by atoms with Crippen LogP contribution in [0, 0.1) is 0 Å². The van der Waals surface area contributed by atoms with Crippen LogP contribution in [0.2, 0.25) is 0 Å². The SMILES string of the molecule is CCCc1ccc(C(=O)N2CCCN(CCOC)CC2)cc1. The van der Waals surface area contributed by atoms with E-state index in [1.165, 1.54) is 5.56 Å². The van der Waals surface area contributed by atoms with E-state index in [1.54, 1.807) is 7.11 Å². The van der Waals surface area contributed by atoms with Crippen molar-refractivity contribution in [2.75, 3.05) is 46.4 Å². The van der Waals surface area contributed by atoms with Gasteiger partial charge in [-0.05, 0) is 37.1 Å². The minimum Gasteiger partial charge on any atom is -0.383 e. The maximum Gasteiger partial charge on any atom is 0.253 e. The van der Waals surface area contributed by atoms with Gasteiger partial charge in [0.2, 0.25) is 0 Å². The molecule has 0 bridgehead atoms. The monoisotopic (exact) mass is 304 g/mol. The number of methoxy groups -OCH3 is 1. The lowest BCUT2D eigenvalue weighted by atomic mass is 10.1. The highest BCUT2D eigenvalue weighted by Gasteiger charge is 2.19. The van der Waals surface area contributed by atoms with E-state index < -0.39 is 0 Å². The standard InChI is InChI=1S/C18H28N2O2/c1-3-5-16-6-8-17(9-7-16)18(21)20-11-4-10-19(12-13-20)14-15-22-2/h6-9H,3-5,10-15H2,1-2H3. The Hall–Kier alpha value is -1.39. The highest BCUT2D eigenvalue weighted by molar-refractivity contribution is 5.94. The Morgan fingerprint density at radius 1 is 1.14 bits per heavy atom. The number of ether oxygens (including phenoxy) is 1. The second kappa shape index (κ2) is 8.91. The molecule has 1 aliphatic rings. The number of aryl methyl sites for hydroxylation is 1. The summed E-state index contributed by atoms with van der Waals surface area (Å²) < 4.78 is 5.14. The molecule has 0 radical (unpaired) electrons. The largest absolute Gasteiger partial charge is 0.383 e. The van der Waals surface area contributed by atoms with Gasteiger partial charge in [0.05, 0.1) is 6.61 Å². The molecule has 0 spiro atoms. The zero-order valence-corrected chi connectivity index (χ0v) is 13.9. The number of rotatable bonds is 6. The average molecular weight is 304 g/mol. The molecule has 1 aromatic rings. The molecule has 0 saturated carbocycles. The molecule has 2 rings (SSSR count). The maximum absolute atomic E-state index is 12.6. The summed E-state index contributed by atoms with van der Waals surface area (Å²) in [7, 11) is 1.73. The van der Waals surface area contributed by atoms with Crippen LogP contribution in [0.15, 0.2) is 24.3 Å². The van der Waals surface area contributed by atoms with Crippen molar-refractivity contribution in [1.82, 2.24) is 9.80 Å². The predicted octanol–water partition coefficient (Wildman–Crippen LogP) is 2.43. The van der Waals surface area contributed by atoms with Crippen molar-refractivity contribution in [3.63, 3.8) is 0 Å². The van der Waals surface area contributed by atoms with Crippen molar-refractivity contribution < 1.29 is 9.53 Å². The lowest BCUT2D eigenvalue weighted by molar-refractivity contribution is 0.0759. The van der Waals surface area contributed by atoms with Crippen LogP contribution in [0.4, 0.5) is 0 Å². The fraction of sp³-hybridized carbons (Fsp3) is 0.611. The minimum atomic E-state index is 0.164. The molecule has 0 unspecified atom stereocenters. The molecular weight excluding hydrogens is 276 g/mol. The Morgan fingerprint density at radius 3 is 2.59 bits per heavy atom. The van der Waals surface area contributed by atoms with Crippen molar-refractivity contribution >= 4 is 5.91 Å². The second-order valence-corrected chi connectivity index (χ2v) is 5.93. The van der Waals surface area contributed by atoms with E-state index in [2.05, 4.69) is 24.0 Å². The summed E-state index contributed by atoms with van der Waals surface area (Å²) in [5.74, 6) is 0.164. The molecule has 4 nitrogen and oxygen atoms in total. The van der Waals surface area contributed by atoms with Gasteiger partial charge in [-0.2, -0.15) is 0 Å². The highest BCUT2D eigenvalue weighted by atomic mass is 16.5. The lowest BCUT2D eigenvalue weighted by Gasteiger charge is -2.22. The molecule has 0 N–H and O–H groups in total.